The average molecular weight is 522 g/mol. The predicted molar refractivity (Wildman–Crippen MR) is 135 cm³/mol. The van der Waals surface area contributed by atoms with Crippen LogP contribution in [0.3, 0.4) is 0 Å². The fourth-order valence-electron chi connectivity index (χ4n) is 4.51. The van der Waals surface area contributed by atoms with E-state index in [2.05, 4.69) is 5.32 Å². The molecule has 0 heterocycles. The number of anilines is 1. The molecule has 2 aromatic carbocycles. The Morgan fingerprint density at radius 1 is 1.08 bits per heavy atom. The van der Waals surface area contributed by atoms with Crippen molar-refractivity contribution in [2.75, 3.05) is 17.1 Å². The summed E-state index contributed by atoms with van der Waals surface area (Å²) >= 11 is 0. The first-order valence-corrected chi connectivity index (χ1v) is 13.9. The molecule has 0 spiro atoms. The van der Waals surface area contributed by atoms with Gasteiger partial charge in [0, 0.05) is 18.7 Å². The second-order valence-corrected chi connectivity index (χ2v) is 11.1. The highest BCUT2D eigenvalue weighted by Gasteiger charge is 2.33. The molecule has 0 bridgehead atoms. The lowest BCUT2D eigenvalue weighted by atomic mass is 10.1. The molecule has 0 radical (unpaired) electrons. The Balaban J connectivity index is 1.94. The van der Waals surface area contributed by atoms with Gasteiger partial charge < -0.3 is 10.2 Å². The highest BCUT2D eigenvalue weighted by molar-refractivity contribution is 7.92. The quantitative estimate of drug-likeness (QED) is 0.514. The van der Waals surface area contributed by atoms with Crippen LogP contribution in [-0.2, 0) is 26.2 Å². The second kappa shape index (κ2) is 11.8. The number of hydrogen-bond donors (Lipinski definition) is 1. The van der Waals surface area contributed by atoms with Gasteiger partial charge in [0.25, 0.3) is 0 Å². The first-order valence-electron chi connectivity index (χ1n) is 12.1. The lowest BCUT2D eigenvalue weighted by molar-refractivity contribution is -0.140. The van der Waals surface area contributed by atoms with Crippen molar-refractivity contribution in [3.05, 3.63) is 65.2 Å². The van der Waals surface area contributed by atoms with Gasteiger partial charge in [-0.15, -0.1) is 0 Å². The van der Waals surface area contributed by atoms with Crippen LogP contribution < -0.4 is 9.62 Å². The number of hydrogen-bond acceptors (Lipinski definition) is 4. The Morgan fingerprint density at radius 3 is 2.33 bits per heavy atom. The Morgan fingerprint density at radius 2 is 1.75 bits per heavy atom. The van der Waals surface area contributed by atoms with E-state index in [1.165, 1.54) is 4.90 Å². The molecular formula is C26H33F2N3O4S. The molecule has 1 aliphatic carbocycles. The van der Waals surface area contributed by atoms with Gasteiger partial charge in [0.05, 0.1) is 11.9 Å². The molecule has 1 fully saturated rings. The molecule has 3 rings (SSSR count). The average Bonchev–Trinajstić information content (AvgIpc) is 3.32. The molecular weight excluding hydrogens is 488 g/mol. The maximum absolute atomic E-state index is 13.9. The molecule has 1 N–H and O–H groups in total. The van der Waals surface area contributed by atoms with E-state index in [9.17, 15) is 26.8 Å². The van der Waals surface area contributed by atoms with E-state index in [1.807, 2.05) is 31.2 Å². The van der Waals surface area contributed by atoms with Gasteiger partial charge in [-0.3, -0.25) is 13.9 Å². The van der Waals surface area contributed by atoms with Crippen LogP contribution in [0.5, 0.6) is 0 Å². The fourth-order valence-corrected chi connectivity index (χ4v) is 5.35. The van der Waals surface area contributed by atoms with Gasteiger partial charge in [-0.05, 0) is 49.4 Å². The standard InChI is InChI=1S/C26H33F2N3O4S/c1-4-24(26(33)29-20-11-7-8-12-20)30(16-19-10-6-5-9-18(19)2)25(32)17-31(36(3,34)35)21-13-14-22(27)23(28)15-21/h5-6,9-10,13-15,20,24H,4,7-8,11-12,16-17H2,1-3H3,(H,29,33). The van der Waals surface area contributed by atoms with Crippen LogP contribution in [-0.4, -0.2) is 50.0 Å². The molecule has 1 atom stereocenters. The zero-order chi connectivity index (χ0) is 26.5. The molecule has 0 saturated heterocycles. The van der Waals surface area contributed by atoms with Crippen LogP contribution in [0, 0.1) is 18.6 Å². The van der Waals surface area contributed by atoms with E-state index in [1.54, 1.807) is 6.92 Å². The van der Waals surface area contributed by atoms with Crippen LogP contribution in [0.25, 0.3) is 0 Å². The lowest BCUT2D eigenvalue weighted by Gasteiger charge is -2.33. The Kier molecular flexibility index (Phi) is 9.05. The summed E-state index contributed by atoms with van der Waals surface area (Å²) in [7, 11) is -4.03. The minimum atomic E-state index is -4.03. The number of amides is 2. The number of nitrogens with zero attached hydrogens (tertiary/aromatic N) is 2. The van der Waals surface area contributed by atoms with E-state index in [4.69, 9.17) is 0 Å². The largest absolute Gasteiger partial charge is 0.352 e. The van der Waals surface area contributed by atoms with Crippen LogP contribution in [0.4, 0.5) is 14.5 Å². The van der Waals surface area contributed by atoms with Crippen molar-refractivity contribution in [3.8, 4) is 0 Å². The summed E-state index contributed by atoms with van der Waals surface area (Å²) in [4.78, 5) is 28.3. The van der Waals surface area contributed by atoms with E-state index < -0.39 is 40.2 Å². The van der Waals surface area contributed by atoms with Crippen molar-refractivity contribution in [2.24, 2.45) is 0 Å². The van der Waals surface area contributed by atoms with Gasteiger partial charge in [0.15, 0.2) is 11.6 Å². The maximum Gasteiger partial charge on any atom is 0.244 e. The molecule has 2 amide bonds. The van der Waals surface area contributed by atoms with Gasteiger partial charge >= 0.3 is 0 Å². The zero-order valence-corrected chi connectivity index (χ0v) is 21.7. The Hall–Kier alpha value is -3.01. The van der Waals surface area contributed by atoms with Crippen molar-refractivity contribution >= 4 is 27.5 Å². The van der Waals surface area contributed by atoms with Crippen LogP contribution >= 0.6 is 0 Å². The summed E-state index contributed by atoms with van der Waals surface area (Å²) in [6.45, 7) is 3.11. The Labute approximate surface area is 211 Å². The van der Waals surface area contributed by atoms with Gasteiger partial charge in [0.2, 0.25) is 21.8 Å². The first kappa shape index (κ1) is 27.6. The summed E-state index contributed by atoms with van der Waals surface area (Å²) in [5.41, 5.74) is 1.56. The van der Waals surface area contributed by atoms with Crippen molar-refractivity contribution < 1.29 is 26.8 Å². The minimum Gasteiger partial charge on any atom is -0.352 e. The molecule has 36 heavy (non-hydrogen) atoms. The highest BCUT2D eigenvalue weighted by atomic mass is 32.2. The third-order valence-corrected chi connectivity index (χ3v) is 7.70. The molecule has 7 nitrogen and oxygen atoms in total. The molecule has 1 aliphatic rings. The number of aryl methyl sites for hydroxylation is 1. The third-order valence-electron chi connectivity index (χ3n) is 6.56. The topological polar surface area (TPSA) is 86.8 Å². The Bertz CT molecular complexity index is 1200. The van der Waals surface area contributed by atoms with Crippen LogP contribution in [0.1, 0.15) is 50.2 Å². The highest BCUT2D eigenvalue weighted by Crippen LogP contribution is 2.23. The monoisotopic (exact) mass is 521 g/mol. The van der Waals surface area contributed by atoms with Crippen molar-refractivity contribution in [2.45, 2.75) is 64.6 Å². The maximum atomic E-state index is 13.9. The van der Waals surface area contributed by atoms with Crippen LogP contribution in [0.15, 0.2) is 42.5 Å². The first-order chi connectivity index (χ1) is 17.0. The molecule has 196 valence electrons. The number of carbonyl (C=O) groups excluding carboxylic acids is 2. The summed E-state index contributed by atoms with van der Waals surface area (Å²) < 4.78 is 53.2. The van der Waals surface area contributed by atoms with E-state index in [0.29, 0.717) is 6.42 Å². The SMILES string of the molecule is CCC(C(=O)NC1CCCC1)N(Cc1ccccc1C)C(=O)CN(c1ccc(F)c(F)c1)S(C)(=O)=O. The van der Waals surface area contributed by atoms with Gasteiger partial charge in [-0.2, -0.15) is 0 Å². The minimum absolute atomic E-state index is 0.0525. The van der Waals surface area contributed by atoms with E-state index in [0.717, 1.165) is 65.6 Å². The third kappa shape index (κ3) is 6.81. The zero-order valence-electron chi connectivity index (χ0n) is 20.8. The smallest absolute Gasteiger partial charge is 0.244 e. The molecule has 1 unspecified atom stereocenters. The number of benzene rings is 2. The summed E-state index contributed by atoms with van der Waals surface area (Å²) in [5.74, 6) is -3.27. The second-order valence-electron chi connectivity index (χ2n) is 9.23. The molecule has 10 heteroatoms. The number of rotatable bonds is 10. The van der Waals surface area contributed by atoms with Crippen molar-refractivity contribution in [1.29, 1.82) is 0 Å². The van der Waals surface area contributed by atoms with Crippen molar-refractivity contribution in [1.82, 2.24) is 10.2 Å². The van der Waals surface area contributed by atoms with E-state index in [-0.39, 0.29) is 24.2 Å². The van der Waals surface area contributed by atoms with E-state index >= 15 is 0 Å². The number of halogens is 2. The number of carbonyl (C=O) groups is 2. The van der Waals surface area contributed by atoms with Crippen molar-refractivity contribution in [3.63, 3.8) is 0 Å². The van der Waals surface area contributed by atoms with Gasteiger partial charge in [-0.1, -0.05) is 44.0 Å². The predicted octanol–water partition coefficient (Wildman–Crippen LogP) is 3.91. The number of sulfonamides is 1. The summed E-state index contributed by atoms with van der Waals surface area (Å²) in [6.07, 6.45) is 5.03. The fraction of sp³-hybridized carbons (Fsp3) is 0.462. The lowest BCUT2D eigenvalue weighted by Crippen LogP contribution is -2.53. The molecule has 2 aromatic rings. The van der Waals surface area contributed by atoms with Crippen LogP contribution in [0.2, 0.25) is 0 Å². The molecule has 0 aromatic heterocycles. The normalized spacial score (nSPS) is 14.9. The summed E-state index contributed by atoms with van der Waals surface area (Å²) in [5, 5.41) is 3.04. The molecule has 0 aliphatic heterocycles. The van der Waals surface area contributed by atoms with Gasteiger partial charge in [-0.25, -0.2) is 17.2 Å². The molecule has 1 saturated carbocycles. The van der Waals surface area contributed by atoms with Gasteiger partial charge in [0.1, 0.15) is 12.6 Å². The summed E-state index contributed by atoms with van der Waals surface area (Å²) in [6, 6.07) is 9.30. The number of nitrogens with one attached hydrogen (secondary N) is 1.